The number of rotatable bonds is 2. The molecule has 0 aliphatic rings. The van der Waals surface area contributed by atoms with Gasteiger partial charge in [0.05, 0.1) is 17.6 Å². The summed E-state index contributed by atoms with van der Waals surface area (Å²) in [6.45, 7) is 0. The van der Waals surface area contributed by atoms with Gasteiger partial charge in [-0.05, 0) is 58.5 Å². The molecule has 0 spiro atoms. The van der Waals surface area contributed by atoms with E-state index in [9.17, 15) is 0 Å². The summed E-state index contributed by atoms with van der Waals surface area (Å²) >= 11 is 14.9. The fraction of sp³-hybridized carbons (Fsp3) is 0.0714. The van der Waals surface area contributed by atoms with Gasteiger partial charge in [-0.25, -0.2) is 0 Å². The molecule has 0 bridgehead atoms. The lowest BCUT2D eigenvalue weighted by molar-refractivity contribution is 0.419. The molecular weight excluding hydrogens is 360 g/mol. The van der Waals surface area contributed by atoms with Crippen LogP contribution in [0.25, 0.3) is 16.7 Å². The van der Waals surface area contributed by atoms with E-state index in [4.69, 9.17) is 28.6 Å². The average molecular weight is 370 g/mol. The number of nitrogens with zero attached hydrogens (tertiary/aromatic N) is 1. The quantitative estimate of drug-likeness (QED) is 0.636. The molecule has 1 N–H and O–H groups in total. The average Bonchev–Trinajstić information content (AvgIpc) is 2.78. The lowest BCUT2D eigenvalue weighted by Crippen LogP contribution is -1.94. The predicted molar refractivity (Wildman–Crippen MR) is 87.7 cm³/mol. The zero-order valence-electron chi connectivity index (χ0n) is 10.5. The molecule has 1 aromatic heterocycles. The minimum Gasteiger partial charge on any atom is -0.494 e. The van der Waals surface area contributed by atoms with E-state index in [1.54, 1.807) is 7.11 Å². The predicted octanol–water partition coefficient (Wildman–Crippen LogP) is 5.11. The summed E-state index contributed by atoms with van der Waals surface area (Å²) in [5, 5.41) is 0.665. The third kappa shape index (κ3) is 2.16. The molecular formula is C14H10BrClN2OS. The molecule has 1 heterocycles. The van der Waals surface area contributed by atoms with E-state index in [1.807, 2.05) is 41.0 Å². The van der Waals surface area contributed by atoms with Crippen LogP contribution in [-0.4, -0.2) is 16.7 Å². The summed E-state index contributed by atoms with van der Waals surface area (Å²) in [7, 11) is 1.64. The fourth-order valence-electron chi connectivity index (χ4n) is 2.15. The highest BCUT2D eigenvalue weighted by Gasteiger charge is 2.11. The zero-order chi connectivity index (χ0) is 14.3. The van der Waals surface area contributed by atoms with Gasteiger partial charge >= 0.3 is 0 Å². The van der Waals surface area contributed by atoms with Crippen LogP contribution in [0.5, 0.6) is 5.75 Å². The van der Waals surface area contributed by atoms with Crippen molar-refractivity contribution in [2.75, 3.05) is 7.11 Å². The SMILES string of the molecule is COc1cccc2c1[nH]c(=S)n2-c1ccc(Cl)c(Br)c1. The van der Waals surface area contributed by atoms with E-state index in [0.717, 1.165) is 26.9 Å². The number of methoxy groups -OCH3 is 1. The molecule has 0 radical (unpaired) electrons. The first-order valence-electron chi connectivity index (χ1n) is 5.85. The Balaban J connectivity index is 2.33. The molecule has 3 aromatic rings. The molecule has 0 unspecified atom stereocenters. The first-order valence-corrected chi connectivity index (χ1v) is 7.43. The minimum absolute atomic E-state index is 0.610. The van der Waals surface area contributed by atoms with Gasteiger partial charge in [-0.15, -0.1) is 0 Å². The van der Waals surface area contributed by atoms with Crippen LogP contribution in [0.3, 0.4) is 0 Å². The third-order valence-corrected chi connectivity index (χ3v) is 4.56. The Hall–Kier alpha value is -1.30. The fourth-order valence-corrected chi connectivity index (χ4v) is 2.94. The number of fused-ring (bicyclic) bond motifs is 1. The minimum atomic E-state index is 0.610. The highest BCUT2D eigenvalue weighted by Crippen LogP contribution is 2.30. The number of aromatic nitrogens is 2. The lowest BCUT2D eigenvalue weighted by Gasteiger charge is -2.07. The number of halogens is 2. The Bertz CT molecular complexity index is 856. The van der Waals surface area contributed by atoms with Crippen molar-refractivity contribution in [3.05, 3.63) is 50.7 Å². The number of para-hydroxylation sites is 1. The van der Waals surface area contributed by atoms with Gasteiger partial charge in [-0.3, -0.25) is 4.57 Å². The van der Waals surface area contributed by atoms with Crippen LogP contribution in [0.2, 0.25) is 5.02 Å². The van der Waals surface area contributed by atoms with Crippen molar-refractivity contribution in [2.45, 2.75) is 0 Å². The van der Waals surface area contributed by atoms with E-state index in [0.29, 0.717) is 9.79 Å². The second-order valence-electron chi connectivity index (χ2n) is 4.22. The smallest absolute Gasteiger partial charge is 0.182 e. The van der Waals surface area contributed by atoms with Crippen LogP contribution < -0.4 is 4.74 Å². The van der Waals surface area contributed by atoms with Crippen LogP contribution in [0.15, 0.2) is 40.9 Å². The van der Waals surface area contributed by atoms with Gasteiger partial charge < -0.3 is 9.72 Å². The standard InChI is InChI=1S/C14H10BrClN2OS/c1-19-12-4-2-3-11-13(12)17-14(20)18(11)8-5-6-10(16)9(15)7-8/h2-7H,1H3,(H,17,20). The van der Waals surface area contributed by atoms with Gasteiger partial charge in [0.15, 0.2) is 4.77 Å². The summed E-state index contributed by atoms with van der Waals surface area (Å²) in [6, 6.07) is 11.5. The van der Waals surface area contributed by atoms with E-state index in [1.165, 1.54) is 0 Å². The van der Waals surface area contributed by atoms with Gasteiger partial charge in [0.1, 0.15) is 11.3 Å². The van der Waals surface area contributed by atoms with Gasteiger partial charge in [-0.2, -0.15) is 0 Å². The van der Waals surface area contributed by atoms with E-state index >= 15 is 0 Å². The van der Waals surface area contributed by atoms with Crippen LogP contribution in [0.4, 0.5) is 0 Å². The molecule has 6 heteroatoms. The number of hydrogen-bond donors (Lipinski definition) is 1. The van der Waals surface area contributed by atoms with Gasteiger partial charge in [-0.1, -0.05) is 17.7 Å². The topological polar surface area (TPSA) is 29.9 Å². The number of ether oxygens (including phenoxy) is 1. The number of hydrogen-bond acceptors (Lipinski definition) is 2. The summed E-state index contributed by atoms with van der Waals surface area (Å²) in [5.41, 5.74) is 2.78. The molecule has 3 rings (SSSR count). The van der Waals surface area contributed by atoms with Gasteiger partial charge in [0, 0.05) is 10.2 Å². The van der Waals surface area contributed by atoms with Crippen molar-refractivity contribution in [1.29, 1.82) is 0 Å². The van der Waals surface area contributed by atoms with Crippen molar-refractivity contribution in [1.82, 2.24) is 9.55 Å². The van der Waals surface area contributed by atoms with E-state index in [-0.39, 0.29) is 0 Å². The molecule has 3 nitrogen and oxygen atoms in total. The Morgan fingerprint density at radius 2 is 2.10 bits per heavy atom. The van der Waals surface area contributed by atoms with Crippen LogP contribution in [0.1, 0.15) is 0 Å². The number of aromatic amines is 1. The molecule has 0 saturated carbocycles. The molecule has 0 fully saturated rings. The van der Waals surface area contributed by atoms with E-state index < -0.39 is 0 Å². The molecule has 0 saturated heterocycles. The van der Waals surface area contributed by atoms with Crippen molar-refractivity contribution in [3.63, 3.8) is 0 Å². The molecule has 0 amide bonds. The highest BCUT2D eigenvalue weighted by atomic mass is 79.9. The Kier molecular flexibility index (Phi) is 3.58. The number of H-pyrrole nitrogens is 1. The maximum Gasteiger partial charge on any atom is 0.182 e. The third-order valence-electron chi connectivity index (χ3n) is 3.06. The number of nitrogens with one attached hydrogen (secondary N) is 1. The van der Waals surface area contributed by atoms with Crippen LogP contribution >= 0.6 is 39.7 Å². The second kappa shape index (κ2) is 5.24. The van der Waals surface area contributed by atoms with Gasteiger partial charge in [0.25, 0.3) is 0 Å². The molecule has 102 valence electrons. The summed E-state index contributed by atoms with van der Waals surface area (Å²) in [6.07, 6.45) is 0. The molecule has 0 aliphatic heterocycles. The molecule has 0 atom stereocenters. The lowest BCUT2D eigenvalue weighted by atomic mass is 10.2. The van der Waals surface area contributed by atoms with Crippen molar-refractivity contribution in [3.8, 4) is 11.4 Å². The summed E-state index contributed by atoms with van der Waals surface area (Å²) in [4.78, 5) is 3.18. The largest absolute Gasteiger partial charge is 0.494 e. The highest BCUT2D eigenvalue weighted by molar-refractivity contribution is 9.10. The summed E-state index contributed by atoms with van der Waals surface area (Å²) in [5.74, 6) is 0.764. The first-order chi connectivity index (χ1) is 9.61. The Labute approximate surface area is 134 Å². The van der Waals surface area contributed by atoms with E-state index in [2.05, 4.69) is 20.9 Å². The normalized spacial score (nSPS) is 10.9. The maximum atomic E-state index is 6.04. The number of imidazole rings is 1. The molecule has 0 aliphatic carbocycles. The van der Waals surface area contributed by atoms with Gasteiger partial charge in [0.2, 0.25) is 0 Å². The summed E-state index contributed by atoms with van der Waals surface area (Å²) < 4.78 is 8.75. The second-order valence-corrected chi connectivity index (χ2v) is 5.87. The number of benzene rings is 2. The van der Waals surface area contributed by atoms with Crippen molar-refractivity contribution in [2.24, 2.45) is 0 Å². The first kappa shape index (κ1) is 13.7. The van der Waals surface area contributed by atoms with Crippen LogP contribution in [0, 0.1) is 4.77 Å². The van der Waals surface area contributed by atoms with Crippen molar-refractivity contribution >= 4 is 50.8 Å². The maximum absolute atomic E-state index is 6.04. The molecule has 20 heavy (non-hydrogen) atoms. The Morgan fingerprint density at radius 1 is 1.30 bits per heavy atom. The molecule has 2 aromatic carbocycles. The zero-order valence-corrected chi connectivity index (χ0v) is 13.6. The Morgan fingerprint density at radius 3 is 2.80 bits per heavy atom. The monoisotopic (exact) mass is 368 g/mol. The van der Waals surface area contributed by atoms with Crippen molar-refractivity contribution < 1.29 is 4.74 Å². The van der Waals surface area contributed by atoms with Crippen LogP contribution in [-0.2, 0) is 0 Å².